The molecular weight excluding hydrogens is 356 g/mol. The Morgan fingerprint density at radius 2 is 1.64 bits per heavy atom. The highest BCUT2D eigenvalue weighted by Crippen LogP contribution is 2.13. The van der Waals surface area contributed by atoms with E-state index in [2.05, 4.69) is 5.32 Å². The third kappa shape index (κ3) is 4.73. The zero-order chi connectivity index (χ0) is 18.6. The van der Waals surface area contributed by atoms with Crippen LogP contribution in [0.4, 0.5) is 13.6 Å². The third-order valence-corrected chi connectivity index (χ3v) is 4.46. The summed E-state index contributed by atoms with van der Waals surface area (Å²) < 4.78 is 52.1. The van der Waals surface area contributed by atoms with Gasteiger partial charge in [0.05, 0.1) is 4.90 Å². The molecule has 4 N–H and O–H groups in total. The highest BCUT2D eigenvalue weighted by Gasteiger charge is 2.19. The van der Waals surface area contributed by atoms with E-state index in [1.165, 1.54) is 24.3 Å². The summed E-state index contributed by atoms with van der Waals surface area (Å²) in [4.78, 5) is 22.3. The van der Waals surface area contributed by atoms with Gasteiger partial charge >= 0.3 is 6.03 Å². The van der Waals surface area contributed by atoms with Crippen molar-refractivity contribution >= 4 is 22.0 Å². The molecule has 0 atom stereocenters. The number of halogens is 2. The summed E-state index contributed by atoms with van der Waals surface area (Å²) >= 11 is 0. The molecule has 0 fully saturated rings. The highest BCUT2D eigenvalue weighted by molar-refractivity contribution is 7.90. The second-order valence-electron chi connectivity index (χ2n) is 4.93. The first-order valence-electron chi connectivity index (χ1n) is 6.83. The van der Waals surface area contributed by atoms with E-state index >= 15 is 0 Å². The lowest BCUT2D eigenvalue weighted by molar-refractivity contribution is 0.0981. The molecule has 2 aromatic carbocycles. The van der Waals surface area contributed by atoms with Gasteiger partial charge in [0.2, 0.25) is 0 Å². The van der Waals surface area contributed by atoms with Crippen LogP contribution in [0.25, 0.3) is 0 Å². The minimum absolute atomic E-state index is 0.108. The molecule has 0 spiro atoms. The molecule has 3 amide bonds. The SMILES string of the molecule is NC(=O)NCc1ccc(S(=O)(=O)NC(=O)c2ccc(F)c(F)c2)cc1. The second-order valence-corrected chi connectivity index (χ2v) is 6.61. The average Bonchev–Trinajstić information content (AvgIpc) is 2.55. The van der Waals surface area contributed by atoms with Gasteiger partial charge in [-0.2, -0.15) is 0 Å². The number of sulfonamides is 1. The van der Waals surface area contributed by atoms with Crippen molar-refractivity contribution in [2.75, 3.05) is 0 Å². The van der Waals surface area contributed by atoms with Gasteiger partial charge in [0, 0.05) is 12.1 Å². The maximum atomic E-state index is 13.1. The van der Waals surface area contributed by atoms with E-state index in [0.717, 1.165) is 12.1 Å². The van der Waals surface area contributed by atoms with Crippen molar-refractivity contribution in [3.8, 4) is 0 Å². The Kier molecular flexibility index (Phi) is 5.32. The lowest BCUT2D eigenvalue weighted by Gasteiger charge is -2.08. The third-order valence-electron chi connectivity index (χ3n) is 3.11. The highest BCUT2D eigenvalue weighted by atomic mass is 32.2. The molecule has 25 heavy (non-hydrogen) atoms. The van der Waals surface area contributed by atoms with Gasteiger partial charge in [0.15, 0.2) is 11.6 Å². The van der Waals surface area contributed by atoms with Crippen molar-refractivity contribution < 1.29 is 26.8 Å². The number of nitrogens with two attached hydrogens (primary N) is 1. The van der Waals surface area contributed by atoms with Gasteiger partial charge in [-0.15, -0.1) is 0 Å². The number of hydrogen-bond acceptors (Lipinski definition) is 4. The molecule has 0 aliphatic carbocycles. The maximum Gasteiger partial charge on any atom is 0.312 e. The van der Waals surface area contributed by atoms with Crippen LogP contribution in [0.1, 0.15) is 15.9 Å². The van der Waals surface area contributed by atoms with E-state index in [-0.39, 0.29) is 17.0 Å². The van der Waals surface area contributed by atoms with Gasteiger partial charge in [-0.1, -0.05) is 12.1 Å². The standard InChI is InChI=1S/C15H13F2N3O4S/c16-12-6-3-10(7-13(12)17)14(21)20-25(23,24)11-4-1-9(2-5-11)8-19-15(18)22/h1-7H,8H2,(H,20,21)(H3,18,19,22). The molecule has 132 valence electrons. The quantitative estimate of drug-likeness (QED) is 0.735. The number of benzene rings is 2. The van der Waals surface area contributed by atoms with E-state index < -0.39 is 33.6 Å². The zero-order valence-electron chi connectivity index (χ0n) is 12.6. The molecule has 0 aliphatic heterocycles. The molecule has 0 aliphatic rings. The number of nitrogens with one attached hydrogen (secondary N) is 2. The van der Waals surface area contributed by atoms with Crippen LogP contribution in [-0.4, -0.2) is 20.4 Å². The van der Waals surface area contributed by atoms with Crippen molar-refractivity contribution in [2.45, 2.75) is 11.4 Å². The summed E-state index contributed by atoms with van der Waals surface area (Å²) in [6, 6.07) is 6.84. The van der Waals surface area contributed by atoms with Crippen molar-refractivity contribution in [1.29, 1.82) is 0 Å². The topological polar surface area (TPSA) is 118 Å². The van der Waals surface area contributed by atoms with Crippen LogP contribution in [0.3, 0.4) is 0 Å². The maximum absolute atomic E-state index is 13.1. The van der Waals surface area contributed by atoms with E-state index in [0.29, 0.717) is 11.6 Å². The Morgan fingerprint density at radius 1 is 1.00 bits per heavy atom. The number of rotatable bonds is 5. The monoisotopic (exact) mass is 369 g/mol. The number of amides is 3. The fourth-order valence-corrected chi connectivity index (χ4v) is 2.83. The lowest BCUT2D eigenvalue weighted by Crippen LogP contribution is -2.31. The number of urea groups is 1. The normalized spacial score (nSPS) is 11.0. The van der Waals surface area contributed by atoms with Crippen LogP contribution >= 0.6 is 0 Å². The molecule has 0 heterocycles. The van der Waals surface area contributed by atoms with Gasteiger partial charge < -0.3 is 11.1 Å². The molecule has 10 heteroatoms. The Balaban J connectivity index is 2.13. The average molecular weight is 369 g/mol. The van der Waals surface area contributed by atoms with E-state index in [1.54, 1.807) is 4.72 Å². The molecule has 0 saturated heterocycles. The Bertz CT molecular complexity index is 915. The lowest BCUT2D eigenvalue weighted by atomic mass is 10.2. The number of carbonyl (C=O) groups excluding carboxylic acids is 2. The summed E-state index contributed by atoms with van der Waals surface area (Å²) in [5.41, 5.74) is 5.17. The van der Waals surface area contributed by atoms with Gasteiger partial charge in [-0.3, -0.25) is 4.79 Å². The summed E-state index contributed by atoms with van der Waals surface area (Å²) in [6.07, 6.45) is 0. The predicted octanol–water partition coefficient (Wildman–Crippen LogP) is 1.25. The van der Waals surface area contributed by atoms with Gasteiger partial charge in [0.1, 0.15) is 0 Å². The van der Waals surface area contributed by atoms with Crippen LogP contribution in [-0.2, 0) is 16.6 Å². The van der Waals surface area contributed by atoms with Gasteiger partial charge in [-0.25, -0.2) is 26.7 Å². The molecule has 7 nitrogen and oxygen atoms in total. The Hall–Kier alpha value is -3.01. The minimum atomic E-state index is -4.21. The van der Waals surface area contributed by atoms with Crippen LogP contribution in [0, 0.1) is 11.6 Å². The zero-order valence-corrected chi connectivity index (χ0v) is 13.4. The molecule has 0 unspecified atom stereocenters. The number of hydrogen-bond donors (Lipinski definition) is 3. The fourth-order valence-electron chi connectivity index (χ4n) is 1.85. The minimum Gasteiger partial charge on any atom is -0.352 e. The molecule has 0 saturated carbocycles. The molecule has 2 rings (SSSR count). The van der Waals surface area contributed by atoms with Crippen molar-refractivity contribution in [2.24, 2.45) is 5.73 Å². The first-order valence-corrected chi connectivity index (χ1v) is 8.32. The van der Waals surface area contributed by atoms with Crippen LogP contribution in [0.15, 0.2) is 47.4 Å². The molecule has 2 aromatic rings. The summed E-state index contributed by atoms with van der Waals surface area (Å²) in [5.74, 6) is -3.52. The van der Waals surface area contributed by atoms with Crippen LogP contribution in [0.2, 0.25) is 0 Å². The number of carbonyl (C=O) groups is 2. The molecule has 0 radical (unpaired) electrons. The summed E-state index contributed by atoms with van der Waals surface area (Å²) in [6.45, 7) is 0.108. The van der Waals surface area contributed by atoms with Crippen LogP contribution in [0.5, 0.6) is 0 Å². The summed E-state index contributed by atoms with van der Waals surface area (Å²) in [5, 5.41) is 2.34. The predicted molar refractivity (Wildman–Crippen MR) is 83.9 cm³/mol. The smallest absolute Gasteiger partial charge is 0.312 e. The van der Waals surface area contributed by atoms with E-state index in [1.807, 2.05) is 0 Å². The first-order chi connectivity index (χ1) is 11.7. The van der Waals surface area contributed by atoms with Gasteiger partial charge in [-0.05, 0) is 35.9 Å². The van der Waals surface area contributed by atoms with E-state index in [4.69, 9.17) is 5.73 Å². The Labute approximate surface area is 141 Å². The molecule has 0 aromatic heterocycles. The first kappa shape index (κ1) is 18.3. The largest absolute Gasteiger partial charge is 0.352 e. The van der Waals surface area contributed by atoms with Gasteiger partial charge in [0.25, 0.3) is 15.9 Å². The van der Waals surface area contributed by atoms with Crippen LogP contribution < -0.4 is 15.8 Å². The summed E-state index contributed by atoms with van der Waals surface area (Å²) in [7, 11) is -4.21. The number of primary amides is 1. The van der Waals surface area contributed by atoms with Crippen molar-refractivity contribution in [3.05, 3.63) is 65.2 Å². The van der Waals surface area contributed by atoms with E-state index in [9.17, 15) is 26.8 Å². The molecule has 0 bridgehead atoms. The van der Waals surface area contributed by atoms with Crippen molar-refractivity contribution in [1.82, 2.24) is 10.0 Å². The molecular formula is C15H13F2N3O4S. The van der Waals surface area contributed by atoms with Crippen molar-refractivity contribution in [3.63, 3.8) is 0 Å². The fraction of sp³-hybridized carbons (Fsp3) is 0.0667. The Morgan fingerprint density at radius 3 is 2.20 bits per heavy atom. The second kappa shape index (κ2) is 7.26.